The van der Waals surface area contributed by atoms with Crippen LogP contribution in [-0.2, 0) is 14.4 Å². The van der Waals surface area contributed by atoms with Crippen LogP contribution in [0.3, 0.4) is 0 Å². The minimum atomic E-state index is -1.67. The highest BCUT2D eigenvalue weighted by atomic mass is 16.4. The third kappa shape index (κ3) is 1.50. The fourth-order valence-electron chi connectivity index (χ4n) is 1.18. The Kier molecular flexibility index (Phi) is 2.29. The van der Waals surface area contributed by atoms with E-state index in [1.54, 1.807) is 0 Å². The van der Waals surface area contributed by atoms with E-state index < -0.39 is 29.6 Å². The molecule has 2 unspecified atom stereocenters. The highest BCUT2D eigenvalue weighted by molar-refractivity contribution is 6.24. The third-order valence-corrected chi connectivity index (χ3v) is 1.94. The summed E-state index contributed by atoms with van der Waals surface area (Å²) in [6.07, 6.45) is -1.57. The molecule has 0 aromatic rings. The lowest BCUT2D eigenvalue weighted by atomic mass is 9.82. The van der Waals surface area contributed by atoms with Crippen molar-refractivity contribution in [2.75, 3.05) is 0 Å². The normalized spacial score (nSPS) is 29.2. The highest BCUT2D eigenvalue weighted by Crippen LogP contribution is 2.21. The first kappa shape index (κ1) is 9.60. The number of rotatable bonds is 1. The Balaban J connectivity index is 2.99. The molecule has 0 heterocycles. The molecule has 2 atom stereocenters. The van der Waals surface area contributed by atoms with Crippen LogP contribution in [0.1, 0.15) is 6.42 Å². The number of carbonyl (C=O) groups is 3. The second-order valence-corrected chi connectivity index (χ2v) is 2.85. The van der Waals surface area contributed by atoms with Crippen molar-refractivity contribution in [3.8, 4) is 0 Å². The average molecular weight is 184 g/mol. The van der Waals surface area contributed by atoms with Crippen LogP contribution in [0.15, 0.2) is 12.2 Å². The number of Topliss-reactive ketones (excluding diaryl/α,β-unsaturated/α-hetero) is 2. The van der Waals surface area contributed by atoms with Crippen molar-refractivity contribution in [2.24, 2.45) is 5.92 Å². The van der Waals surface area contributed by atoms with Gasteiger partial charge in [0.1, 0.15) is 0 Å². The molecule has 70 valence electrons. The lowest BCUT2D eigenvalue weighted by Crippen LogP contribution is -2.42. The minimum absolute atomic E-state index is 0.202. The van der Waals surface area contributed by atoms with E-state index in [9.17, 15) is 14.4 Å². The Morgan fingerprint density at radius 1 is 1.46 bits per heavy atom. The van der Waals surface area contributed by atoms with Crippen molar-refractivity contribution < 1.29 is 24.6 Å². The number of aliphatic hydroxyl groups is 1. The van der Waals surface area contributed by atoms with Crippen LogP contribution >= 0.6 is 0 Å². The smallest absolute Gasteiger partial charge is 0.322 e. The summed E-state index contributed by atoms with van der Waals surface area (Å²) in [6, 6.07) is 0. The van der Waals surface area contributed by atoms with Crippen LogP contribution in [0.25, 0.3) is 0 Å². The number of hydrogen-bond acceptors (Lipinski definition) is 4. The van der Waals surface area contributed by atoms with Crippen molar-refractivity contribution in [1.29, 1.82) is 0 Å². The molecule has 0 amide bonds. The molecule has 5 heteroatoms. The summed E-state index contributed by atoms with van der Waals surface area (Å²) in [7, 11) is 0. The standard InChI is InChI=1S/C8H8O5/c1-3-4(9)2-5(10)6(7(3)11)8(12)13/h4,6,9H,1-2H2,(H,12,13). The predicted molar refractivity (Wildman–Crippen MR) is 40.9 cm³/mol. The number of aliphatic hydroxyl groups excluding tert-OH is 1. The van der Waals surface area contributed by atoms with Gasteiger partial charge in [0.05, 0.1) is 6.10 Å². The predicted octanol–water partition coefficient (Wildman–Crippen LogP) is -0.854. The van der Waals surface area contributed by atoms with Crippen LogP contribution in [0, 0.1) is 5.92 Å². The number of carboxylic acids is 1. The molecule has 0 aromatic heterocycles. The molecule has 1 aliphatic rings. The zero-order chi connectivity index (χ0) is 10.2. The monoisotopic (exact) mass is 184 g/mol. The van der Waals surface area contributed by atoms with Gasteiger partial charge in [-0.15, -0.1) is 0 Å². The van der Waals surface area contributed by atoms with Crippen molar-refractivity contribution in [3.63, 3.8) is 0 Å². The van der Waals surface area contributed by atoms with E-state index >= 15 is 0 Å². The molecule has 0 spiro atoms. The summed E-state index contributed by atoms with van der Waals surface area (Å²) in [6.45, 7) is 3.23. The summed E-state index contributed by atoms with van der Waals surface area (Å²) in [4.78, 5) is 32.6. The molecule has 0 radical (unpaired) electrons. The van der Waals surface area contributed by atoms with E-state index in [-0.39, 0.29) is 12.0 Å². The SMILES string of the molecule is C=C1C(=O)C(C(=O)O)C(=O)CC1O. The summed E-state index contributed by atoms with van der Waals surface area (Å²) in [5.74, 6) is -4.81. The van der Waals surface area contributed by atoms with Gasteiger partial charge in [-0.25, -0.2) is 0 Å². The maximum absolute atomic E-state index is 11.1. The van der Waals surface area contributed by atoms with Crippen molar-refractivity contribution in [3.05, 3.63) is 12.2 Å². The van der Waals surface area contributed by atoms with Gasteiger partial charge in [0, 0.05) is 12.0 Å². The van der Waals surface area contributed by atoms with Gasteiger partial charge < -0.3 is 10.2 Å². The van der Waals surface area contributed by atoms with E-state index in [1.165, 1.54) is 0 Å². The Bertz CT molecular complexity index is 304. The highest BCUT2D eigenvalue weighted by Gasteiger charge is 2.42. The lowest BCUT2D eigenvalue weighted by Gasteiger charge is -2.21. The first-order chi connectivity index (χ1) is 5.95. The van der Waals surface area contributed by atoms with Gasteiger partial charge in [-0.2, -0.15) is 0 Å². The van der Waals surface area contributed by atoms with E-state index in [1.807, 2.05) is 0 Å². The molecule has 1 rings (SSSR count). The van der Waals surface area contributed by atoms with Crippen molar-refractivity contribution in [2.45, 2.75) is 12.5 Å². The molecule has 5 nitrogen and oxygen atoms in total. The first-order valence-corrected chi connectivity index (χ1v) is 3.61. The van der Waals surface area contributed by atoms with Crippen molar-refractivity contribution in [1.82, 2.24) is 0 Å². The lowest BCUT2D eigenvalue weighted by molar-refractivity contribution is -0.151. The van der Waals surface area contributed by atoms with Gasteiger partial charge in [0.15, 0.2) is 17.5 Å². The summed E-state index contributed by atoms with van der Waals surface area (Å²) in [5, 5.41) is 17.6. The summed E-state index contributed by atoms with van der Waals surface area (Å²) >= 11 is 0. The van der Waals surface area contributed by atoms with E-state index in [0.29, 0.717) is 0 Å². The fourth-order valence-corrected chi connectivity index (χ4v) is 1.18. The number of aliphatic carboxylic acids is 1. The first-order valence-electron chi connectivity index (χ1n) is 3.61. The molecular formula is C8H8O5. The summed E-state index contributed by atoms with van der Waals surface area (Å²) in [5.41, 5.74) is -0.202. The Labute approximate surface area is 73.7 Å². The second kappa shape index (κ2) is 3.10. The number of carboxylic acid groups (broad SMARTS) is 1. The zero-order valence-corrected chi connectivity index (χ0v) is 6.69. The minimum Gasteiger partial charge on any atom is -0.480 e. The molecular weight excluding hydrogens is 176 g/mol. The Hall–Kier alpha value is -1.49. The molecule has 0 aliphatic heterocycles. The molecule has 0 bridgehead atoms. The van der Waals surface area contributed by atoms with E-state index in [2.05, 4.69) is 6.58 Å². The molecule has 1 fully saturated rings. The number of carbonyl (C=O) groups excluding carboxylic acids is 2. The fraction of sp³-hybridized carbons (Fsp3) is 0.375. The van der Waals surface area contributed by atoms with Crippen LogP contribution in [0.2, 0.25) is 0 Å². The largest absolute Gasteiger partial charge is 0.480 e. The third-order valence-electron chi connectivity index (χ3n) is 1.94. The van der Waals surface area contributed by atoms with Gasteiger partial charge in [-0.1, -0.05) is 6.58 Å². The maximum atomic E-state index is 11.1. The number of ketones is 2. The molecule has 1 aliphatic carbocycles. The topological polar surface area (TPSA) is 91.7 Å². The zero-order valence-electron chi connectivity index (χ0n) is 6.69. The van der Waals surface area contributed by atoms with Gasteiger partial charge in [0.2, 0.25) is 0 Å². The molecule has 2 N–H and O–H groups in total. The van der Waals surface area contributed by atoms with Gasteiger partial charge in [0.25, 0.3) is 0 Å². The second-order valence-electron chi connectivity index (χ2n) is 2.85. The molecule has 1 saturated carbocycles. The quantitative estimate of drug-likeness (QED) is 0.409. The van der Waals surface area contributed by atoms with Gasteiger partial charge in [-0.3, -0.25) is 14.4 Å². The molecule has 13 heavy (non-hydrogen) atoms. The maximum Gasteiger partial charge on any atom is 0.322 e. The van der Waals surface area contributed by atoms with Crippen LogP contribution in [0.5, 0.6) is 0 Å². The van der Waals surface area contributed by atoms with Crippen LogP contribution in [-0.4, -0.2) is 33.9 Å². The Morgan fingerprint density at radius 2 is 2.00 bits per heavy atom. The van der Waals surface area contributed by atoms with Crippen LogP contribution in [0.4, 0.5) is 0 Å². The molecule has 0 aromatic carbocycles. The van der Waals surface area contributed by atoms with Gasteiger partial charge in [-0.05, 0) is 0 Å². The van der Waals surface area contributed by atoms with E-state index in [4.69, 9.17) is 10.2 Å². The average Bonchev–Trinajstić information content (AvgIpc) is 1.99. The summed E-state index contributed by atoms with van der Waals surface area (Å²) < 4.78 is 0. The number of hydrogen-bond donors (Lipinski definition) is 2. The van der Waals surface area contributed by atoms with Crippen LogP contribution < -0.4 is 0 Å². The van der Waals surface area contributed by atoms with Crippen molar-refractivity contribution >= 4 is 17.5 Å². The Morgan fingerprint density at radius 3 is 2.46 bits per heavy atom. The van der Waals surface area contributed by atoms with E-state index in [0.717, 1.165) is 0 Å². The van der Waals surface area contributed by atoms with Gasteiger partial charge >= 0.3 is 5.97 Å². The molecule has 0 saturated heterocycles.